The van der Waals surface area contributed by atoms with E-state index in [2.05, 4.69) is 6.92 Å². The van der Waals surface area contributed by atoms with E-state index in [1.807, 2.05) is 30.9 Å². The number of amides is 2. The summed E-state index contributed by atoms with van der Waals surface area (Å²) < 4.78 is 0. The normalized spacial score (nSPS) is 17.7. The van der Waals surface area contributed by atoms with Gasteiger partial charge >= 0.3 is 0 Å². The molecule has 1 fully saturated rings. The zero-order chi connectivity index (χ0) is 17.0. The van der Waals surface area contributed by atoms with E-state index in [1.54, 1.807) is 11.0 Å². The summed E-state index contributed by atoms with van der Waals surface area (Å²) in [5, 5.41) is 0.642. The van der Waals surface area contributed by atoms with E-state index < -0.39 is 0 Å². The van der Waals surface area contributed by atoms with E-state index in [1.165, 1.54) is 0 Å². The number of benzene rings is 1. The first-order valence-corrected chi connectivity index (χ1v) is 8.71. The van der Waals surface area contributed by atoms with Crippen LogP contribution in [0.4, 0.5) is 5.69 Å². The highest BCUT2D eigenvalue weighted by Crippen LogP contribution is 2.29. The Hall–Kier alpha value is -1.55. The van der Waals surface area contributed by atoms with Crippen LogP contribution in [0.15, 0.2) is 18.2 Å². The second-order valence-electron chi connectivity index (χ2n) is 6.11. The Labute approximate surface area is 143 Å². The fourth-order valence-electron chi connectivity index (χ4n) is 2.90. The van der Waals surface area contributed by atoms with Crippen LogP contribution >= 0.6 is 11.6 Å². The molecule has 0 aliphatic carbocycles. The zero-order valence-corrected chi connectivity index (χ0v) is 14.9. The van der Waals surface area contributed by atoms with Gasteiger partial charge in [-0.1, -0.05) is 31.0 Å². The maximum Gasteiger partial charge on any atom is 0.228 e. The number of halogens is 1. The lowest BCUT2D eigenvalue weighted by Crippen LogP contribution is -2.38. The molecule has 4 nitrogen and oxygen atoms in total. The molecule has 2 rings (SSSR count). The Balaban J connectivity index is 2.09. The second kappa shape index (κ2) is 7.82. The minimum atomic E-state index is -0.251. The number of hydrogen-bond acceptors (Lipinski definition) is 2. The Morgan fingerprint density at radius 3 is 2.74 bits per heavy atom. The molecular formula is C18H25ClN2O2. The molecule has 0 aromatic heterocycles. The zero-order valence-electron chi connectivity index (χ0n) is 14.1. The minimum absolute atomic E-state index is 0.00480. The van der Waals surface area contributed by atoms with Gasteiger partial charge in [0.05, 0.1) is 5.92 Å². The quantitative estimate of drug-likeness (QED) is 0.795. The third-order valence-corrected chi connectivity index (χ3v) is 4.82. The summed E-state index contributed by atoms with van der Waals surface area (Å²) in [4.78, 5) is 28.5. The van der Waals surface area contributed by atoms with Crippen LogP contribution in [0.5, 0.6) is 0 Å². The fraction of sp³-hybridized carbons (Fsp3) is 0.556. The van der Waals surface area contributed by atoms with Gasteiger partial charge in [0, 0.05) is 36.8 Å². The summed E-state index contributed by atoms with van der Waals surface area (Å²) in [6, 6.07) is 5.59. The molecule has 5 heteroatoms. The highest BCUT2D eigenvalue weighted by atomic mass is 35.5. The first-order valence-electron chi connectivity index (χ1n) is 8.33. The molecule has 0 spiro atoms. The predicted octanol–water partition coefficient (Wildman–Crippen LogP) is 3.65. The second-order valence-corrected chi connectivity index (χ2v) is 6.52. The summed E-state index contributed by atoms with van der Waals surface area (Å²) in [6.07, 6.45) is 2.34. The number of rotatable bonds is 6. The third-order valence-electron chi connectivity index (χ3n) is 4.42. The molecule has 1 unspecified atom stereocenters. The fourth-order valence-corrected chi connectivity index (χ4v) is 3.08. The smallest absolute Gasteiger partial charge is 0.228 e. The lowest BCUT2D eigenvalue weighted by atomic mass is 10.1. The van der Waals surface area contributed by atoms with Gasteiger partial charge in [0.2, 0.25) is 11.8 Å². The molecule has 2 amide bonds. The number of nitrogens with zero attached hydrogens (tertiary/aromatic N) is 2. The first kappa shape index (κ1) is 17.8. The van der Waals surface area contributed by atoms with Crippen LogP contribution in [0.25, 0.3) is 0 Å². The molecule has 0 saturated carbocycles. The van der Waals surface area contributed by atoms with Crippen LogP contribution in [0, 0.1) is 12.8 Å². The maximum absolute atomic E-state index is 12.6. The van der Waals surface area contributed by atoms with E-state index in [4.69, 9.17) is 11.6 Å². The largest absolute Gasteiger partial charge is 0.343 e. The lowest BCUT2D eigenvalue weighted by Gasteiger charge is -2.24. The molecule has 1 aliphatic rings. The van der Waals surface area contributed by atoms with Crippen LogP contribution in [0.2, 0.25) is 5.02 Å². The molecule has 1 atom stereocenters. The van der Waals surface area contributed by atoms with Crippen molar-refractivity contribution in [1.29, 1.82) is 0 Å². The Kier molecular flexibility index (Phi) is 6.05. The third kappa shape index (κ3) is 4.05. The molecular weight excluding hydrogens is 312 g/mol. The predicted molar refractivity (Wildman–Crippen MR) is 93.8 cm³/mol. The van der Waals surface area contributed by atoms with Gasteiger partial charge in [-0.25, -0.2) is 0 Å². The highest BCUT2D eigenvalue weighted by Gasteiger charge is 2.36. The van der Waals surface area contributed by atoms with Gasteiger partial charge in [0.25, 0.3) is 0 Å². The van der Waals surface area contributed by atoms with Crippen molar-refractivity contribution in [2.45, 2.75) is 40.0 Å². The van der Waals surface area contributed by atoms with Gasteiger partial charge < -0.3 is 9.80 Å². The van der Waals surface area contributed by atoms with Crippen LogP contribution in [0.3, 0.4) is 0 Å². The van der Waals surface area contributed by atoms with Gasteiger partial charge in [0.1, 0.15) is 0 Å². The van der Waals surface area contributed by atoms with Crippen LogP contribution < -0.4 is 4.90 Å². The molecule has 1 aromatic rings. The summed E-state index contributed by atoms with van der Waals surface area (Å²) in [5.41, 5.74) is 1.75. The molecule has 0 bridgehead atoms. The lowest BCUT2D eigenvalue weighted by molar-refractivity contribution is -0.135. The van der Waals surface area contributed by atoms with Crippen molar-refractivity contribution in [3.8, 4) is 0 Å². The standard InChI is InChI=1S/C18H25ClN2O2/c1-4-6-9-20(5-2)18(23)14-10-17(22)21(12-14)15-8-7-13(3)16(19)11-15/h7-8,11,14H,4-6,9-10,12H2,1-3H3. The number of anilines is 1. The highest BCUT2D eigenvalue weighted by molar-refractivity contribution is 6.31. The molecule has 1 saturated heterocycles. The van der Waals surface area contributed by atoms with E-state index >= 15 is 0 Å². The maximum atomic E-state index is 12.6. The first-order chi connectivity index (χ1) is 11.0. The average Bonchev–Trinajstić information content (AvgIpc) is 2.92. The SMILES string of the molecule is CCCCN(CC)C(=O)C1CC(=O)N(c2ccc(C)c(Cl)c2)C1. The number of hydrogen-bond donors (Lipinski definition) is 0. The van der Waals surface area contributed by atoms with E-state index in [0.717, 1.165) is 30.6 Å². The monoisotopic (exact) mass is 336 g/mol. The molecule has 1 heterocycles. The van der Waals surface area contributed by atoms with E-state index in [0.29, 0.717) is 18.1 Å². The summed E-state index contributed by atoms with van der Waals surface area (Å²) >= 11 is 6.16. The number of unbranched alkanes of at least 4 members (excludes halogenated alkanes) is 1. The molecule has 1 aromatic carbocycles. The Morgan fingerprint density at radius 1 is 1.39 bits per heavy atom. The van der Waals surface area contributed by atoms with Crippen LogP contribution in [-0.4, -0.2) is 36.3 Å². The van der Waals surface area contributed by atoms with Crippen molar-refractivity contribution >= 4 is 29.1 Å². The van der Waals surface area contributed by atoms with Crippen molar-refractivity contribution in [2.75, 3.05) is 24.5 Å². The van der Waals surface area contributed by atoms with E-state index in [-0.39, 0.29) is 24.2 Å². The molecule has 23 heavy (non-hydrogen) atoms. The van der Waals surface area contributed by atoms with Gasteiger partial charge in [-0.05, 0) is 38.0 Å². The van der Waals surface area contributed by atoms with Gasteiger partial charge in [-0.15, -0.1) is 0 Å². The molecule has 1 aliphatic heterocycles. The Morgan fingerprint density at radius 2 is 2.13 bits per heavy atom. The minimum Gasteiger partial charge on any atom is -0.343 e. The van der Waals surface area contributed by atoms with Crippen molar-refractivity contribution in [2.24, 2.45) is 5.92 Å². The molecule has 0 N–H and O–H groups in total. The van der Waals surface area contributed by atoms with Crippen molar-refractivity contribution < 1.29 is 9.59 Å². The van der Waals surface area contributed by atoms with Crippen LogP contribution in [-0.2, 0) is 9.59 Å². The van der Waals surface area contributed by atoms with Crippen molar-refractivity contribution in [1.82, 2.24) is 4.90 Å². The summed E-state index contributed by atoms with van der Waals surface area (Å²) in [5.74, 6) is -0.163. The van der Waals surface area contributed by atoms with Gasteiger partial charge in [-0.2, -0.15) is 0 Å². The number of carbonyl (C=O) groups is 2. The Bertz CT molecular complexity index is 588. The number of carbonyl (C=O) groups excluding carboxylic acids is 2. The average molecular weight is 337 g/mol. The molecule has 0 radical (unpaired) electrons. The van der Waals surface area contributed by atoms with Gasteiger partial charge in [-0.3, -0.25) is 9.59 Å². The molecule has 126 valence electrons. The van der Waals surface area contributed by atoms with Gasteiger partial charge in [0.15, 0.2) is 0 Å². The van der Waals surface area contributed by atoms with Crippen molar-refractivity contribution in [3.63, 3.8) is 0 Å². The summed E-state index contributed by atoms with van der Waals surface area (Å²) in [6.45, 7) is 7.94. The van der Waals surface area contributed by atoms with Crippen LogP contribution in [0.1, 0.15) is 38.7 Å². The van der Waals surface area contributed by atoms with E-state index in [9.17, 15) is 9.59 Å². The summed E-state index contributed by atoms with van der Waals surface area (Å²) in [7, 11) is 0. The van der Waals surface area contributed by atoms with Crippen molar-refractivity contribution in [3.05, 3.63) is 28.8 Å². The number of aryl methyl sites for hydroxylation is 1. The topological polar surface area (TPSA) is 40.6 Å².